The van der Waals surface area contributed by atoms with E-state index >= 15 is 0 Å². The lowest BCUT2D eigenvalue weighted by Gasteiger charge is -2.26. The van der Waals surface area contributed by atoms with E-state index in [1.807, 2.05) is 41.5 Å². The van der Waals surface area contributed by atoms with Crippen LogP contribution in [0.25, 0.3) is 0 Å². The molecule has 0 radical (unpaired) electrons. The molecule has 3 atom stereocenters. The standard InChI is InChI=1S/C13H25O7P.2C12H21NO4.C11H21NO4.2C11H21NO2.C9H16O4.C6H13O5P/c1-10(2)12(15)20-13(3,4)19-11(14)8-6-7-9-18-21(5,16)17;2*1-10(2)12(15)17-9-16-11(14)8-13-6-4-3-5-7-13;1-7(2)9(12)11(14)16-6-5-15-10(13)8(3)4;2*1-10(2)11(13)14-9-8-12-6-4-3-5-7-12;1-4-8(10)12-5-6-13-9(11)7(2)3;1-5(2)6(7)10-4-11-12(3,8)9/h10H,6-9H2,1-5H3,(H,16,17);2*10H,3-9H2,1-2H3;7-9H,5-6,12H2,1-4H3;2*10H,3-9H2,1-2H3;7H,4-6H2,1-3H3;5H,4H2,1-3H3,(H,8,9)/t;;;9-;;;;/m...0..../s1. The van der Waals surface area contributed by atoms with Crippen molar-refractivity contribution in [1.82, 2.24) is 19.6 Å². The summed E-state index contributed by atoms with van der Waals surface area (Å²) in [5.41, 5.74) is 5.57. The third kappa shape index (κ3) is 77.5. The first-order chi connectivity index (χ1) is 57.8. The average Bonchev–Trinajstić information content (AvgIpc) is 0.886. The predicted molar refractivity (Wildman–Crippen MR) is 462 cm³/mol. The Kier molecular flexibility index (Phi) is 72.9. The minimum Gasteiger partial charge on any atom is -0.464 e. The Bertz CT molecular complexity index is 2970. The number of esters is 13. The summed E-state index contributed by atoms with van der Waals surface area (Å²) in [4.78, 5) is 171. The smallest absolute Gasteiger partial charge is 0.327 e. The summed E-state index contributed by atoms with van der Waals surface area (Å²) in [5.74, 6) is -6.78. The number of nitrogens with zero attached hydrogens (tertiary/aromatic N) is 4. The van der Waals surface area contributed by atoms with Crippen LogP contribution in [0.3, 0.4) is 0 Å². The molecule has 39 heteroatoms. The number of likely N-dealkylation sites (tertiary alicyclic amines) is 4. The van der Waals surface area contributed by atoms with E-state index < -0.39 is 57.7 Å². The quantitative estimate of drug-likeness (QED) is 0.0168. The Balaban J connectivity index is -0.000000667. The highest BCUT2D eigenvalue weighted by atomic mass is 31.2. The lowest BCUT2D eigenvalue weighted by atomic mass is 10.1. The molecular weight excluding hydrogens is 1660 g/mol. The first-order valence-electron chi connectivity index (χ1n) is 43.6. The zero-order valence-corrected chi connectivity index (χ0v) is 80.8. The average molecular weight is 1830 g/mol. The highest BCUT2D eigenvalue weighted by molar-refractivity contribution is 7.52. The number of ether oxygens (including phenoxy) is 13. The van der Waals surface area contributed by atoms with E-state index in [1.165, 1.54) is 91.4 Å². The number of nitrogens with two attached hydrogens (primary N) is 1. The van der Waals surface area contributed by atoms with Gasteiger partial charge in [0.1, 0.15) is 45.7 Å². The minimum absolute atomic E-state index is 0.00337. The summed E-state index contributed by atoms with van der Waals surface area (Å²) in [6.45, 7) is 50.0. The molecule has 0 spiro atoms. The van der Waals surface area contributed by atoms with Crippen LogP contribution in [0.15, 0.2) is 0 Å². The lowest BCUT2D eigenvalue weighted by Crippen LogP contribution is -2.37. The van der Waals surface area contributed by atoms with Gasteiger partial charge in [0.25, 0.3) is 5.79 Å². The fourth-order valence-corrected chi connectivity index (χ4v) is 10.3. The summed E-state index contributed by atoms with van der Waals surface area (Å²) < 4.78 is 93.6. The highest BCUT2D eigenvalue weighted by Crippen LogP contribution is 2.37. The number of carbonyl (C=O) groups is 13. The van der Waals surface area contributed by atoms with Gasteiger partial charge in [0.15, 0.2) is 0 Å². The van der Waals surface area contributed by atoms with Crippen LogP contribution in [0.2, 0.25) is 0 Å². The molecule has 4 saturated heterocycles. The number of carbonyl (C=O) groups excluding carboxylic acids is 13. The normalized spacial score (nSPS) is 15.5. The van der Waals surface area contributed by atoms with Crippen LogP contribution < -0.4 is 5.73 Å². The van der Waals surface area contributed by atoms with E-state index in [9.17, 15) is 71.5 Å². The molecule has 4 fully saturated rings. The second-order valence-corrected chi connectivity index (χ2v) is 36.7. The Morgan fingerprint density at radius 2 is 0.605 bits per heavy atom. The van der Waals surface area contributed by atoms with Gasteiger partial charge in [-0.1, -0.05) is 157 Å². The van der Waals surface area contributed by atoms with Crippen LogP contribution >= 0.6 is 15.2 Å². The van der Waals surface area contributed by atoms with Gasteiger partial charge in [0.05, 0.1) is 67.0 Å². The molecule has 726 valence electrons. The molecule has 0 bridgehead atoms. The Labute approximate surface area is 738 Å². The second kappa shape index (κ2) is 73.2. The van der Waals surface area contributed by atoms with Crippen molar-refractivity contribution in [3.8, 4) is 0 Å². The summed E-state index contributed by atoms with van der Waals surface area (Å²) in [5, 5.41) is 0. The first kappa shape index (κ1) is 124. The van der Waals surface area contributed by atoms with Crippen molar-refractivity contribution in [2.45, 2.75) is 260 Å². The van der Waals surface area contributed by atoms with Gasteiger partial charge in [-0.25, -0.2) is 0 Å². The maximum atomic E-state index is 11.6. The van der Waals surface area contributed by atoms with Crippen LogP contribution in [-0.4, -0.2) is 277 Å². The fourth-order valence-electron chi connectivity index (χ4n) is 9.63. The molecule has 0 amide bonds. The zero-order valence-electron chi connectivity index (χ0n) is 79.0. The molecule has 0 aromatic heterocycles. The van der Waals surface area contributed by atoms with E-state index in [1.54, 1.807) is 90.0 Å². The molecular formula is C85H159N5O32P2. The van der Waals surface area contributed by atoms with E-state index in [0.29, 0.717) is 45.6 Å². The van der Waals surface area contributed by atoms with Crippen LogP contribution in [0, 0.1) is 53.3 Å². The zero-order chi connectivity index (χ0) is 95.6. The number of piperidine rings is 4. The summed E-state index contributed by atoms with van der Waals surface area (Å²) in [7, 11) is -6.99. The Hall–Kier alpha value is -6.79. The monoisotopic (exact) mass is 1820 g/mol. The largest absolute Gasteiger partial charge is 0.464 e. The summed E-state index contributed by atoms with van der Waals surface area (Å²) in [6.07, 6.45) is 16.2. The highest BCUT2D eigenvalue weighted by Gasteiger charge is 2.29. The lowest BCUT2D eigenvalue weighted by molar-refractivity contribution is -0.218. The van der Waals surface area contributed by atoms with Gasteiger partial charge < -0.3 is 81.6 Å². The maximum absolute atomic E-state index is 11.6. The Morgan fingerprint density at radius 1 is 0.323 bits per heavy atom. The van der Waals surface area contributed by atoms with Gasteiger partial charge in [-0.3, -0.25) is 95.6 Å². The molecule has 4 heterocycles. The van der Waals surface area contributed by atoms with Gasteiger partial charge in [0, 0.05) is 53.1 Å². The first-order valence-corrected chi connectivity index (χ1v) is 47.6. The molecule has 4 rings (SSSR count). The fraction of sp³-hybridized carbons (Fsp3) is 0.847. The van der Waals surface area contributed by atoms with Crippen LogP contribution in [-0.2, 0) is 142 Å². The van der Waals surface area contributed by atoms with Gasteiger partial charge in [-0.2, -0.15) is 0 Å². The van der Waals surface area contributed by atoms with Crippen molar-refractivity contribution >= 4 is 92.8 Å². The molecule has 4 aliphatic heterocycles. The van der Waals surface area contributed by atoms with Gasteiger partial charge >= 0.3 is 92.8 Å². The Morgan fingerprint density at radius 3 is 0.903 bits per heavy atom. The third-order valence-corrected chi connectivity index (χ3v) is 18.4. The van der Waals surface area contributed by atoms with Gasteiger partial charge in [-0.15, -0.1) is 0 Å². The maximum Gasteiger partial charge on any atom is 0.327 e. The number of hydrogen-bond donors (Lipinski definition) is 3. The molecule has 0 aliphatic carbocycles. The van der Waals surface area contributed by atoms with E-state index in [-0.39, 0.29) is 160 Å². The summed E-state index contributed by atoms with van der Waals surface area (Å²) >= 11 is 0. The number of hydrogen-bond acceptors (Lipinski definition) is 35. The van der Waals surface area contributed by atoms with Gasteiger partial charge in [0.2, 0.25) is 20.4 Å². The van der Waals surface area contributed by atoms with Crippen molar-refractivity contribution in [2.75, 3.05) is 158 Å². The molecule has 0 aromatic carbocycles. The molecule has 0 saturated carbocycles. The molecule has 124 heavy (non-hydrogen) atoms. The topological polar surface area (TPSA) is 474 Å². The van der Waals surface area contributed by atoms with Crippen molar-refractivity contribution < 1.29 is 152 Å². The molecule has 4 N–H and O–H groups in total. The minimum atomic E-state index is -3.53. The number of unbranched alkanes of at least 4 members (excludes halogenated alkanes) is 1. The third-order valence-electron chi connectivity index (χ3n) is 17.2. The SMILES string of the molecule is CC(C)C(=O)OC(C)(C)OC(=O)CCCCOP(C)(=O)O.CC(C)C(=O)OCCN1CCCCC1.CC(C)C(=O)OCCN1CCCCC1.CC(C)C(=O)OCCOC(=O)[C@@H](N)C(C)C.CC(C)C(=O)OCOC(=O)CN1CCCCC1.CC(C)C(=O)OCOC(=O)CN1CCCCC1.CC(C)C(=O)OCOP(C)(=O)O.CCC(=O)OCCOC(=O)C(C)C. The van der Waals surface area contributed by atoms with Crippen molar-refractivity contribution in [1.29, 1.82) is 0 Å². The molecule has 0 aromatic rings. The van der Waals surface area contributed by atoms with Crippen molar-refractivity contribution in [2.24, 2.45) is 59.0 Å². The van der Waals surface area contributed by atoms with Crippen molar-refractivity contribution in [3.05, 3.63) is 0 Å². The van der Waals surface area contributed by atoms with E-state index in [4.69, 9.17) is 72.4 Å². The molecule has 2 unspecified atom stereocenters. The summed E-state index contributed by atoms with van der Waals surface area (Å²) in [6, 6.07) is -0.624. The number of rotatable bonds is 42. The van der Waals surface area contributed by atoms with Crippen LogP contribution in [0.5, 0.6) is 0 Å². The van der Waals surface area contributed by atoms with Crippen LogP contribution in [0.4, 0.5) is 0 Å². The molecule has 37 nitrogen and oxygen atoms in total. The second-order valence-electron chi connectivity index (χ2n) is 33.0. The van der Waals surface area contributed by atoms with Gasteiger partial charge in [-0.05, 0) is 122 Å². The van der Waals surface area contributed by atoms with Crippen LogP contribution in [0.1, 0.15) is 248 Å². The van der Waals surface area contributed by atoms with E-state index in [0.717, 1.165) is 78.3 Å². The predicted octanol–water partition coefficient (Wildman–Crippen LogP) is 11.0. The van der Waals surface area contributed by atoms with Crippen molar-refractivity contribution in [3.63, 3.8) is 0 Å². The van der Waals surface area contributed by atoms with E-state index in [2.05, 4.69) is 33.4 Å². The molecule has 4 aliphatic rings.